The summed E-state index contributed by atoms with van der Waals surface area (Å²) in [7, 11) is 1.75. The van der Waals surface area contributed by atoms with Gasteiger partial charge >= 0.3 is 5.97 Å². The molecule has 7 rings (SSSR count). The molecule has 14 amide bonds. The number of carbonyl (C=O) groups is 15. The van der Waals surface area contributed by atoms with Crippen molar-refractivity contribution in [2.24, 2.45) is 33.8 Å². The Morgan fingerprint density at radius 3 is 1.55 bits per heavy atom. The maximum atomic E-state index is 15.4. The van der Waals surface area contributed by atoms with Crippen LogP contribution in [-0.4, -0.2) is 267 Å². The molecular weight excluding hydrogens is 1480 g/mol. The lowest BCUT2D eigenvalue weighted by Gasteiger charge is -2.34. The van der Waals surface area contributed by atoms with E-state index in [0.717, 1.165) is 21.6 Å². The van der Waals surface area contributed by atoms with Gasteiger partial charge in [-0.1, -0.05) is 84.3 Å². The number of hydrogen-bond donors (Lipinski definition) is 18. The fourth-order valence-electron chi connectivity index (χ4n) is 13.7. The summed E-state index contributed by atoms with van der Waals surface area (Å²) in [6, 6.07) is -5.76. The van der Waals surface area contributed by atoms with Crippen molar-refractivity contribution in [3.63, 3.8) is 0 Å². The van der Waals surface area contributed by atoms with E-state index in [1.165, 1.54) is 39.0 Å². The SMILES string of the molecule is CC[C@H](C)[C@@H]1NC(=O)[C@@H]2CCCN2C(=O)[C@@H]2CCCN2C(=O)[C@H](CCCCN)NC(=O)[C@H](CO)NC(=O)[C@H](CCCCN)NC(=O)[C@H](Cc2ccc(O)cc2)NC(=O)[C@@H]2CSSC[C@H](NC1=O)C(=O)N[C@@H](Cc1ccccc1)C(=O)N1CCC[C@H]1C(=O)N[C@@H](CC(=O)O)C(=O)NCC(=O)N[C@@H](CCCN=C(N)N)C(=O)N2. The smallest absolute Gasteiger partial charge is 0.305 e. The molecule has 0 aromatic heterocycles. The Hall–Kier alpha value is -9.86. The van der Waals surface area contributed by atoms with Crippen molar-refractivity contribution in [1.29, 1.82) is 0 Å². The van der Waals surface area contributed by atoms with Gasteiger partial charge in [-0.05, 0) is 132 Å². The number of aliphatic hydroxyl groups excluding tert-OH is 1. The number of phenolic OH excluding ortho intramolecular Hbond substituents is 1. The van der Waals surface area contributed by atoms with Gasteiger partial charge in [0.25, 0.3) is 0 Å². The van der Waals surface area contributed by atoms with Gasteiger partial charge in [0.15, 0.2) is 5.96 Å². The molecule has 37 nitrogen and oxygen atoms in total. The van der Waals surface area contributed by atoms with Crippen LogP contribution in [0.2, 0.25) is 0 Å². The standard InChI is InChI=1S/C72H107N19O18S2/c1-3-40(2)58-68(106)87-52-39-111-110-38-51(86-60(98)44(19-11-29-77-72(75)76)79-56(94)36-78-59(97)48(35-57(95)96)83-66(104)53-20-12-30-89(53)70(108)49(84-65(52)103)34-41-15-5-4-6-16-41)64(102)82-47(33-42-23-25-43(93)26-24-42)62(100)80-45(17-7-9-27-73)61(99)85-50(37-92)63(101)81-46(18-8-10-28-74)69(107)91-32-14-22-55(91)71(109)90-31-13-21-54(90)67(105)88-58/h4-6,15-16,23-26,40,44-55,58,92-93H,3,7-14,17-22,27-39,73-74H2,1-2H3,(H,78,97)(H,79,94)(H,80,100)(H,81,101)(H,82,102)(H,83,104)(H,84,103)(H,85,99)(H,86,98)(H,87,106)(H,88,105)(H,95,96)(H4,75,76,77)/t40-,44-,45-,46-,47-,48-,49-,50-,51-,52-,53-,54-,55-,58-/m0/s1. The summed E-state index contributed by atoms with van der Waals surface area (Å²) in [4.78, 5) is 228. The molecule has 22 N–H and O–H groups in total. The molecule has 2 aromatic carbocycles. The zero-order valence-corrected chi connectivity index (χ0v) is 64.1. The highest BCUT2D eigenvalue weighted by atomic mass is 33.1. The molecule has 0 aliphatic carbocycles. The third-order valence-electron chi connectivity index (χ3n) is 20.0. The number of rotatable bonds is 21. The van der Waals surface area contributed by atoms with Gasteiger partial charge in [-0.25, -0.2) is 0 Å². The Morgan fingerprint density at radius 2 is 0.964 bits per heavy atom. The number of carboxylic acid groups (broad SMARTS) is 1. The van der Waals surface area contributed by atoms with Crippen LogP contribution in [0.5, 0.6) is 5.75 Å². The van der Waals surface area contributed by atoms with Gasteiger partial charge in [-0.15, -0.1) is 0 Å². The largest absolute Gasteiger partial charge is 0.508 e. The van der Waals surface area contributed by atoms with Gasteiger partial charge in [0.1, 0.15) is 84.3 Å². The van der Waals surface area contributed by atoms with Gasteiger partial charge in [0, 0.05) is 50.5 Å². The molecule has 5 aliphatic heterocycles. The van der Waals surface area contributed by atoms with Gasteiger partial charge < -0.3 is 111 Å². The Labute approximate surface area is 650 Å². The molecule has 0 unspecified atom stereocenters. The van der Waals surface area contributed by atoms with E-state index in [1.807, 2.05) is 0 Å². The van der Waals surface area contributed by atoms with Crippen molar-refractivity contribution >= 4 is 116 Å². The van der Waals surface area contributed by atoms with E-state index >= 15 is 24.0 Å². The molecule has 610 valence electrons. The lowest BCUT2D eigenvalue weighted by Crippen LogP contribution is -2.61. The van der Waals surface area contributed by atoms with Crippen molar-refractivity contribution in [3.8, 4) is 5.75 Å². The van der Waals surface area contributed by atoms with Crippen LogP contribution in [0.25, 0.3) is 0 Å². The number of carbonyl (C=O) groups excluding carboxylic acids is 14. The topological polar surface area (TPSA) is 575 Å². The van der Waals surface area contributed by atoms with Crippen molar-refractivity contribution in [2.75, 3.05) is 63.9 Å². The molecular formula is C72H107N19O18S2. The molecule has 0 spiro atoms. The Morgan fingerprint density at radius 1 is 0.505 bits per heavy atom. The first-order valence-corrected chi connectivity index (χ1v) is 40.2. The van der Waals surface area contributed by atoms with Gasteiger partial charge in [-0.3, -0.25) is 76.9 Å². The predicted molar refractivity (Wildman–Crippen MR) is 408 cm³/mol. The van der Waals surface area contributed by atoms with Crippen LogP contribution in [0, 0.1) is 5.92 Å². The van der Waals surface area contributed by atoms with E-state index < -0.39 is 204 Å². The number of nitrogens with zero attached hydrogens (tertiary/aromatic N) is 4. The number of phenols is 1. The molecule has 111 heavy (non-hydrogen) atoms. The number of carboxylic acids is 1. The number of nitrogens with one attached hydrogen (secondary N) is 11. The maximum absolute atomic E-state index is 15.4. The van der Waals surface area contributed by atoms with E-state index in [1.54, 1.807) is 44.2 Å². The summed E-state index contributed by atoms with van der Waals surface area (Å²) in [6.07, 6.45) is 0.779. The third-order valence-corrected chi connectivity index (χ3v) is 22.4. The van der Waals surface area contributed by atoms with Crippen LogP contribution >= 0.6 is 21.6 Å². The molecule has 14 atom stereocenters. The summed E-state index contributed by atoms with van der Waals surface area (Å²) in [6.45, 7) is 1.84. The average molecular weight is 1590 g/mol. The number of aliphatic hydroxyl groups is 1. The molecule has 5 saturated heterocycles. The van der Waals surface area contributed by atoms with Gasteiger partial charge in [0.2, 0.25) is 82.7 Å². The number of benzene rings is 2. The van der Waals surface area contributed by atoms with E-state index in [0.29, 0.717) is 43.2 Å². The second-order valence-electron chi connectivity index (χ2n) is 28.2. The Bertz CT molecular complexity index is 3640. The highest BCUT2D eigenvalue weighted by molar-refractivity contribution is 8.76. The van der Waals surface area contributed by atoms with E-state index in [9.17, 15) is 63.3 Å². The minimum Gasteiger partial charge on any atom is -0.508 e. The van der Waals surface area contributed by atoms with E-state index in [-0.39, 0.29) is 128 Å². The summed E-state index contributed by atoms with van der Waals surface area (Å²) in [5.41, 5.74) is 23.8. The fourth-order valence-corrected chi connectivity index (χ4v) is 16.1. The first kappa shape index (κ1) is 88.4. The molecule has 0 radical (unpaired) electrons. The minimum absolute atomic E-state index is 0.00120. The molecule has 2 aromatic rings. The highest BCUT2D eigenvalue weighted by Gasteiger charge is 2.46. The summed E-state index contributed by atoms with van der Waals surface area (Å²) in [5, 5.41) is 59.9. The number of guanidine groups is 1. The van der Waals surface area contributed by atoms with E-state index in [2.05, 4.69) is 63.5 Å². The Balaban J connectivity index is 1.38. The number of unbranched alkanes of at least 4 members (excludes halogenated alkanes) is 2. The predicted octanol–water partition coefficient (Wildman–Crippen LogP) is -4.65. The molecule has 2 bridgehead atoms. The number of fused-ring (bicyclic) bond motifs is 8. The fraction of sp³-hybridized carbons (Fsp3) is 0.611. The number of amides is 14. The normalized spacial score (nSPS) is 27.0. The minimum atomic E-state index is -1.85. The van der Waals surface area contributed by atoms with Gasteiger partial charge in [0.05, 0.1) is 19.6 Å². The van der Waals surface area contributed by atoms with Crippen molar-refractivity contribution < 1.29 is 87.2 Å². The molecule has 5 aliphatic rings. The Kier molecular flexibility index (Phi) is 35.2. The van der Waals surface area contributed by atoms with Crippen molar-refractivity contribution in [1.82, 2.24) is 73.2 Å². The summed E-state index contributed by atoms with van der Waals surface area (Å²) < 4.78 is 0. The van der Waals surface area contributed by atoms with Crippen LogP contribution in [0.3, 0.4) is 0 Å². The molecule has 5 fully saturated rings. The second kappa shape index (κ2) is 44.3. The molecule has 39 heteroatoms. The van der Waals surface area contributed by atoms with Crippen LogP contribution in [0.4, 0.5) is 0 Å². The van der Waals surface area contributed by atoms with Crippen LogP contribution < -0.4 is 81.4 Å². The monoisotopic (exact) mass is 1590 g/mol. The quantitative estimate of drug-likeness (QED) is 0.0242. The average Bonchev–Trinajstić information content (AvgIpc) is 1.69. The van der Waals surface area contributed by atoms with Crippen LogP contribution in [0.15, 0.2) is 59.6 Å². The zero-order chi connectivity index (χ0) is 80.8. The third kappa shape index (κ3) is 26.4. The number of aromatic hydroxyl groups is 1. The van der Waals surface area contributed by atoms with E-state index in [4.69, 9.17) is 22.9 Å². The molecule has 0 saturated carbocycles. The van der Waals surface area contributed by atoms with Crippen molar-refractivity contribution in [3.05, 3.63) is 65.7 Å². The number of hydrogen-bond acceptors (Lipinski definition) is 22. The first-order chi connectivity index (χ1) is 53.1. The summed E-state index contributed by atoms with van der Waals surface area (Å²) in [5.74, 6) is -16.5. The zero-order valence-electron chi connectivity index (χ0n) is 62.5. The lowest BCUT2D eigenvalue weighted by atomic mass is 9.97. The first-order valence-electron chi connectivity index (χ1n) is 37.7. The molecule has 5 heterocycles. The maximum Gasteiger partial charge on any atom is 0.305 e. The second-order valence-corrected chi connectivity index (χ2v) is 30.7. The van der Waals surface area contributed by atoms with Gasteiger partial charge in [-0.2, -0.15) is 0 Å². The highest BCUT2D eigenvalue weighted by Crippen LogP contribution is 2.29. The number of aliphatic carboxylic acids is 1. The summed E-state index contributed by atoms with van der Waals surface area (Å²) >= 11 is 0. The lowest BCUT2D eigenvalue weighted by molar-refractivity contribution is -0.148. The number of nitrogens with two attached hydrogens (primary N) is 4. The van der Waals surface area contributed by atoms with Crippen LogP contribution in [0.1, 0.15) is 128 Å². The van der Waals surface area contributed by atoms with Crippen LogP contribution in [-0.2, 0) is 84.8 Å². The van der Waals surface area contributed by atoms with Crippen molar-refractivity contribution in [2.45, 2.75) is 208 Å². The number of aliphatic imine (C=N–C) groups is 1.